The SMILES string of the molecule is CC(=O)CS(=O)(=O)c1ccc(N)c(Cl)c1. The van der Waals surface area contributed by atoms with Gasteiger partial charge in [-0.15, -0.1) is 0 Å². The maximum Gasteiger partial charge on any atom is 0.185 e. The lowest BCUT2D eigenvalue weighted by Gasteiger charge is -2.04. The lowest BCUT2D eigenvalue weighted by molar-refractivity contribution is -0.114. The van der Waals surface area contributed by atoms with Crippen molar-refractivity contribution in [2.75, 3.05) is 11.5 Å². The first-order valence-corrected chi connectivity index (χ1v) is 6.13. The van der Waals surface area contributed by atoms with E-state index in [2.05, 4.69) is 0 Å². The van der Waals surface area contributed by atoms with Gasteiger partial charge >= 0.3 is 0 Å². The van der Waals surface area contributed by atoms with Crippen LogP contribution in [0.15, 0.2) is 23.1 Å². The summed E-state index contributed by atoms with van der Waals surface area (Å²) in [6.07, 6.45) is 0. The highest BCUT2D eigenvalue weighted by Crippen LogP contribution is 2.23. The molecule has 4 nitrogen and oxygen atoms in total. The van der Waals surface area contributed by atoms with E-state index in [0.29, 0.717) is 5.69 Å². The number of halogens is 1. The molecule has 2 N–H and O–H groups in total. The monoisotopic (exact) mass is 247 g/mol. The van der Waals surface area contributed by atoms with Crippen LogP contribution < -0.4 is 5.73 Å². The van der Waals surface area contributed by atoms with Crippen LogP contribution in [0.25, 0.3) is 0 Å². The summed E-state index contributed by atoms with van der Waals surface area (Å²) >= 11 is 5.68. The summed E-state index contributed by atoms with van der Waals surface area (Å²) in [6.45, 7) is 1.22. The normalized spacial score (nSPS) is 11.3. The molecule has 0 amide bonds. The van der Waals surface area contributed by atoms with E-state index < -0.39 is 21.4 Å². The number of nitrogens with two attached hydrogens (primary N) is 1. The molecule has 1 rings (SSSR count). The number of carbonyl (C=O) groups is 1. The molecule has 0 fully saturated rings. The molecular weight excluding hydrogens is 238 g/mol. The minimum absolute atomic E-state index is 0.0110. The van der Waals surface area contributed by atoms with Crippen LogP contribution in [0.4, 0.5) is 5.69 Å². The molecule has 0 aliphatic heterocycles. The highest BCUT2D eigenvalue weighted by atomic mass is 35.5. The van der Waals surface area contributed by atoms with Crippen LogP contribution in [-0.2, 0) is 14.6 Å². The minimum Gasteiger partial charge on any atom is -0.398 e. The fourth-order valence-electron chi connectivity index (χ4n) is 1.05. The molecule has 1 aromatic rings. The Hall–Kier alpha value is -1.07. The van der Waals surface area contributed by atoms with Crippen LogP contribution in [0.1, 0.15) is 6.92 Å². The number of ketones is 1. The first kappa shape index (κ1) is 12.0. The topological polar surface area (TPSA) is 77.2 Å². The lowest BCUT2D eigenvalue weighted by atomic mass is 10.3. The highest BCUT2D eigenvalue weighted by molar-refractivity contribution is 7.92. The second-order valence-electron chi connectivity index (χ2n) is 3.14. The Morgan fingerprint density at radius 2 is 2.07 bits per heavy atom. The molecular formula is C9H10ClNO3S. The predicted octanol–water partition coefficient (Wildman–Crippen LogP) is 1.28. The number of benzene rings is 1. The van der Waals surface area contributed by atoms with Crippen LogP contribution in [-0.4, -0.2) is 20.0 Å². The number of sulfone groups is 1. The Morgan fingerprint density at radius 1 is 1.47 bits per heavy atom. The van der Waals surface area contributed by atoms with Crippen LogP contribution in [0, 0.1) is 0 Å². The molecule has 0 saturated carbocycles. The fraction of sp³-hybridized carbons (Fsp3) is 0.222. The molecule has 0 atom stereocenters. The molecule has 0 saturated heterocycles. The van der Waals surface area contributed by atoms with E-state index in [1.807, 2.05) is 0 Å². The molecule has 0 aliphatic carbocycles. The molecule has 1 aromatic carbocycles. The molecule has 0 aromatic heterocycles. The van der Waals surface area contributed by atoms with Crippen LogP contribution >= 0.6 is 11.6 Å². The zero-order valence-corrected chi connectivity index (χ0v) is 9.60. The molecule has 0 unspecified atom stereocenters. The molecule has 0 spiro atoms. The number of nitrogen functional groups attached to an aromatic ring is 1. The van der Waals surface area contributed by atoms with Crippen molar-refractivity contribution in [2.24, 2.45) is 0 Å². The van der Waals surface area contributed by atoms with Crippen LogP contribution in [0.2, 0.25) is 5.02 Å². The van der Waals surface area contributed by atoms with Gasteiger partial charge in [0.05, 0.1) is 15.6 Å². The van der Waals surface area contributed by atoms with Crippen molar-refractivity contribution in [3.63, 3.8) is 0 Å². The number of hydrogen-bond acceptors (Lipinski definition) is 4. The number of hydrogen-bond donors (Lipinski definition) is 1. The summed E-state index contributed by atoms with van der Waals surface area (Å²) in [6, 6.07) is 3.98. The third-order valence-electron chi connectivity index (χ3n) is 1.72. The van der Waals surface area contributed by atoms with Gasteiger partial charge in [-0.2, -0.15) is 0 Å². The molecule has 0 aliphatic rings. The second-order valence-corrected chi connectivity index (χ2v) is 5.54. The summed E-state index contributed by atoms with van der Waals surface area (Å²) in [7, 11) is -3.59. The fourth-order valence-corrected chi connectivity index (χ4v) is 2.57. The first-order chi connectivity index (χ1) is 6.83. The summed E-state index contributed by atoms with van der Waals surface area (Å²) in [5, 5.41) is 0.166. The number of Topliss-reactive ketones (excluding diaryl/α,β-unsaturated/α-hetero) is 1. The van der Waals surface area contributed by atoms with E-state index in [1.165, 1.54) is 25.1 Å². The van der Waals surface area contributed by atoms with Gasteiger partial charge in [0.15, 0.2) is 9.84 Å². The maximum atomic E-state index is 11.6. The van der Waals surface area contributed by atoms with E-state index in [-0.39, 0.29) is 9.92 Å². The van der Waals surface area contributed by atoms with Gasteiger partial charge in [0.2, 0.25) is 0 Å². The van der Waals surface area contributed by atoms with E-state index >= 15 is 0 Å². The Labute approximate surface area is 93.0 Å². The Morgan fingerprint density at radius 3 is 2.53 bits per heavy atom. The summed E-state index contributed by atoms with van der Waals surface area (Å²) in [5.74, 6) is -0.935. The first-order valence-electron chi connectivity index (χ1n) is 4.10. The zero-order valence-electron chi connectivity index (χ0n) is 8.03. The van der Waals surface area contributed by atoms with Gasteiger partial charge in [0.1, 0.15) is 11.5 Å². The quantitative estimate of drug-likeness (QED) is 0.817. The Bertz CT molecular complexity index is 496. The molecule has 6 heteroatoms. The van der Waals surface area contributed by atoms with Crippen molar-refractivity contribution in [1.29, 1.82) is 0 Å². The van der Waals surface area contributed by atoms with Crippen molar-refractivity contribution < 1.29 is 13.2 Å². The highest BCUT2D eigenvalue weighted by Gasteiger charge is 2.17. The number of anilines is 1. The van der Waals surface area contributed by atoms with E-state index in [9.17, 15) is 13.2 Å². The van der Waals surface area contributed by atoms with Gasteiger partial charge in [-0.05, 0) is 25.1 Å². The Kier molecular flexibility index (Phi) is 3.36. The average Bonchev–Trinajstić information content (AvgIpc) is 2.07. The van der Waals surface area contributed by atoms with Crippen molar-refractivity contribution in [1.82, 2.24) is 0 Å². The van der Waals surface area contributed by atoms with Crippen molar-refractivity contribution >= 4 is 32.9 Å². The largest absolute Gasteiger partial charge is 0.398 e. The smallest absolute Gasteiger partial charge is 0.185 e. The van der Waals surface area contributed by atoms with Gasteiger partial charge < -0.3 is 5.73 Å². The van der Waals surface area contributed by atoms with E-state index in [0.717, 1.165) is 0 Å². The van der Waals surface area contributed by atoms with Crippen molar-refractivity contribution in [3.8, 4) is 0 Å². The van der Waals surface area contributed by atoms with E-state index in [4.69, 9.17) is 17.3 Å². The maximum absolute atomic E-state index is 11.6. The standard InChI is InChI=1S/C9H10ClNO3S/c1-6(12)5-15(13,14)7-2-3-9(11)8(10)4-7/h2-4H,5,11H2,1H3. The minimum atomic E-state index is -3.59. The third kappa shape index (κ3) is 2.94. The molecule has 0 bridgehead atoms. The average molecular weight is 248 g/mol. The van der Waals surface area contributed by atoms with Crippen LogP contribution in [0.5, 0.6) is 0 Å². The van der Waals surface area contributed by atoms with Gasteiger partial charge in [-0.1, -0.05) is 11.6 Å². The Balaban J connectivity index is 3.17. The summed E-state index contributed by atoms with van der Waals surface area (Å²) < 4.78 is 23.2. The molecule has 15 heavy (non-hydrogen) atoms. The molecule has 0 heterocycles. The molecule has 0 radical (unpaired) electrons. The second kappa shape index (κ2) is 4.20. The predicted molar refractivity (Wildman–Crippen MR) is 58.6 cm³/mol. The van der Waals surface area contributed by atoms with Gasteiger partial charge in [-0.3, -0.25) is 4.79 Å². The summed E-state index contributed by atoms with van der Waals surface area (Å²) in [4.78, 5) is 10.8. The number of carbonyl (C=O) groups excluding carboxylic acids is 1. The summed E-state index contributed by atoms with van der Waals surface area (Å²) in [5.41, 5.74) is 5.74. The molecule has 82 valence electrons. The third-order valence-corrected chi connectivity index (χ3v) is 3.81. The lowest BCUT2D eigenvalue weighted by Crippen LogP contribution is -2.13. The van der Waals surface area contributed by atoms with Crippen molar-refractivity contribution in [3.05, 3.63) is 23.2 Å². The zero-order chi connectivity index (χ0) is 11.6. The van der Waals surface area contributed by atoms with Crippen molar-refractivity contribution in [2.45, 2.75) is 11.8 Å². The van der Waals surface area contributed by atoms with Gasteiger partial charge in [-0.25, -0.2) is 8.42 Å². The van der Waals surface area contributed by atoms with E-state index in [1.54, 1.807) is 0 Å². The van der Waals surface area contributed by atoms with Gasteiger partial charge in [0, 0.05) is 0 Å². The van der Waals surface area contributed by atoms with Crippen LogP contribution in [0.3, 0.4) is 0 Å². The number of rotatable bonds is 3. The van der Waals surface area contributed by atoms with Gasteiger partial charge in [0.25, 0.3) is 0 Å².